The van der Waals surface area contributed by atoms with Crippen molar-refractivity contribution in [3.63, 3.8) is 0 Å². The van der Waals surface area contributed by atoms with Crippen LogP contribution in [0.5, 0.6) is 0 Å². The molecule has 0 spiro atoms. The Balaban J connectivity index is 1.74. The quantitative estimate of drug-likeness (QED) is 0.506. The molecular weight excluding hydrogens is 350 g/mol. The molecule has 0 radical (unpaired) electrons. The van der Waals surface area contributed by atoms with Crippen molar-refractivity contribution >= 4 is 23.2 Å². The maximum atomic E-state index is 12.9. The van der Waals surface area contributed by atoms with Gasteiger partial charge in [-0.15, -0.1) is 0 Å². The van der Waals surface area contributed by atoms with Gasteiger partial charge in [-0.25, -0.2) is 9.78 Å². The van der Waals surface area contributed by atoms with Crippen LogP contribution in [0.1, 0.15) is 27.7 Å². The summed E-state index contributed by atoms with van der Waals surface area (Å²) in [6, 6.07) is 18.6. The highest BCUT2D eigenvalue weighted by molar-refractivity contribution is 6.32. The fraction of sp³-hybridized carbons (Fsp3) is 0.0500. The molecular formula is C20H14ClN3O2. The summed E-state index contributed by atoms with van der Waals surface area (Å²) in [6.07, 6.45) is 4.49. The monoisotopic (exact) mass is 363 g/mol. The van der Waals surface area contributed by atoms with Gasteiger partial charge in [0.15, 0.2) is 17.0 Å². The van der Waals surface area contributed by atoms with Gasteiger partial charge in [0.05, 0.1) is 0 Å². The minimum Gasteiger partial charge on any atom is -0.448 e. The molecule has 4 rings (SSSR count). The van der Waals surface area contributed by atoms with E-state index < -0.39 is 12.1 Å². The lowest BCUT2D eigenvalue weighted by Crippen LogP contribution is -2.15. The molecule has 0 saturated heterocycles. The van der Waals surface area contributed by atoms with Crippen LogP contribution in [0.15, 0.2) is 79.3 Å². The van der Waals surface area contributed by atoms with E-state index in [4.69, 9.17) is 16.3 Å². The van der Waals surface area contributed by atoms with Gasteiger partial charge < -0.3 is 4.74 Å². The minimum absolute atomic E-state index is 0.114. The van der Waals surface area contributed by atoms with E-state index in [9.17, 15) is 4.79 Å². The van der Waals surface area contributed by atoms with E-state index in [1.54, 1.807) is 35.1 Å². The number of nitrogens with zero attached hydrogens (tertiary/aromatic N) is 3. The second-order valence-electron chi connectivity index (χ2n) is 5.66. The van der Waals surface area contributed by atoms with Crippen molar-refractivity contribution in [2.45, 2.75) is 6.10 Å². The summed E-state index contributed by atoms with van der Waals surface area (Å²) >= 11 is 6.20. The first-order chi connectivity index (χ1) is 12.7. The van der Waals surface area contributed by atoms with Gasteiger partial charge in [-0.05, 0) is 29.8 Å². The van der Waals surface area contributed by atoms with Crippen molar-refractivity contribution in [2.24, 2.45) is 0 Å². The van der Waals surface area contributed by atoms with Crippen LogP contribution in [0.3, 0.4) is 0 Å². The lowest BCUT2D eigenvalue weighted by molar-refractivity contribution is 0.0370. The molecule has 0 aliphatic heterocycles. The van der Waals surface area contributed by atoms with Gasteiger partial charge >= 0.3 is 5.97 Å². The minimum atomic E-state index is -0.572. The molecule has 0 amide bonds. The predicted molar refractivity (Wildman–Crippen MR) is 98.1 cm³/mol. The number of rotatable bonds is 4. The molecule has 6 heteroatoms. The number of carbonyl (C=O) groups is 1. The maximum absolute atomic E-state index is 12.9. The molecule has 0 bridgehead atoms. The number of imidazole rings is 1. The average Bonchev–Trinajstić information content (AvgIpc) is 3.03. The highest BCUT2D eigenvalue weighted by Gasteiger charge is 2.25. The molecule has 0 unspecified atom stereocenters. The number of aromatic nitrogens is 3. The van der Waals surface area contributed by atoms with Gasteiger partial charge in [0.2, 0.25) is 0 Å². The molecule has 26 heavy (non-hydrogen) atoms. The number of fused-ring (bicyclic) bond motifs is 1. The Bertz CT molecular complexity index is 1010. The Labute approximate surface area is 154 Å². The van der Waals surface area contributed by atoms with Crippen molar-refractivity contribution in [1.29, 1.82) is 0 Å². The summed E-state index contributed by atoms with van der Waals surface area (Å²) in [7, 11) is 0. The summed E-state index contributed by atoms with van der Waals surface area (Å²) in [5.41, 5.74) is 2.48. The van der Waals surface area contributed by atoms with Gasteiger partial charge in [0, 0.05) is 24.2 Å². The Morgan fingerprint density at radius 1 is 0.962 bits per heavy atom. The summed E-state index contributed by atoms with van der Waals surface area (Å²) in [6.45, 7) is 0. The second-order valence-corrected chi connectivity index (χ2v) is 6.01. The Morgan fingerprint density at radius 2 is 1.65 bits per heavy atom. The van der Waals surface area contributed by atoms with Gasteiger partial charge in [-0.2, -0.15) is 0 Å². The van der Waals surface area contributed by atoms with Crippen molar-refractivity contribution in [1.82, 2.24) is 14.4 Å². The molecule has 3 heterocycles. The highest BCUT2D eigenvalue weighted by atomic mass is 35.5. The lowest BCUT2D eigenvalue weighted by Gasteiger charge is -2.18. The number of pyridine rings is 2. The zero-order chi connectivity index (χ0) is 17.9. The molecule has 1 atom stereocenters. The van der Waals surface area contributed by atoms with Crippen LogP contribution in [0.4, 0.5) is 0 Å². The van der Waals surface area contributed by atoms with E-state index in [1.165, 1.54) is 0 Å². The Hall–Kier alpha value is -3.18. The van der Waals surface area contributed by atoms with Crippen LogP contribution in [-0.4, -0.2) is 20.3 Å². The molecule has 0 aliphatic rings. The van der Waals surface area contributed by atoms with Gasteiger partial charge in [-0.1, -0.05) is 48.0 Å². The number of esters is 1. The van der Waals surface area contributed by atoms with Crippen LogP contribution in [0.2, 0.25) is 5.15 Å². The third-order valence-electron chi connectivity index (χ3n) is 4.02. The van der Waals surface area contributed by atoms with E-state index in [-0.39, 0.29) is 10.8 Å². The van der Waals surface area contributed by atoms with Crippen molar-refractivity contribution in [3.05, 3.63) is 101 Å². The topological polar surface area (TPSA) is 56.5 Å². The van der Waals surface area contributed by atoms with Crippen LogP contribution < -0.4 is 0 Å². The summed E-state index contributed by atoms with van der Waals surface area (Å²) < 4.78 is 7.47. The standard InChI is InChI=1S/C20H14ClN3O2/c21-19-17(24-13-5-4-8-16(24)23-19)20(25)26-18(14-6-2-1-3-7-14)15-9-11-22-12-10-15/h1-13,18H/t18-/m0/s1. The third kappa shape index (κ3) is 3.05. The molecule has 5 nitrogen and oxygen atoms in total. The van der Waals surface area contributed by atoms with E-state index in [0.29, 0.717) is 5.65 Å². The largest absolute Gasteiger partial charge is 0.448 e. The number of halogens is 1. The third-order valence-corrected chi connectivity index (χ3v) is 4.28. The zero-order valence-corrected chi connectivity index (χ0v) is 14.4. The van der Waals surface area contributed by atoms with Gasteiger partial charge in [-0.3, -0.25) is 9.38 Å². The Kier molecular flexibility index (Phi) is 4.37. The maximum Gasteiger partial charge on any atom is 0.359 e. The van der Waals surface area contributed by atoms with E-state index in [2.05, 4.69) is 9.97 Å². The van der Waals surface area contributed by atoms with E-state index >= 15 is 0 Å². The number of ether oxygens (including phenoxy) is 1. The van der Waals surface area contributed by atoms with Crippen LogP contribution in [0, 0.1) is 0 Å². The molecule has 3 aromatic heterocycles. The molecule has 1 aromatic carbocycles. The first-order valence-electron chi connectivity index (χ1n) is 8.02. The molecule has 0 N–H and O–H groups in total. The molecule has 4 aromatic rings. The van der Waals surface area contributed by atoms with Crippen molar-refractivity contribution in [2.75, 3.05) is 0 Å². The Morgan fingerprint density at radius 3 is 2.42 bits per heavy atom. The van der Waals surface area contributed by atoms with E-state index in [0.717, 1.165) is 11.1 Å². The first-order valence-corrected chi connectivity index (χ1v) is 8.40. The number of hydrogen-bond acceptors (Lipinski definition) is 4. The number of hydrogen-bond donors (Lipinski definition) is 0. The van der Waals surface area contributed by atoms with Crippen LogP contribution in [0.25, 0.3) is 5.65 Å². The second kappa shape index (κ2) is 6.98. The SMILES string of the molecule is O=C(O[C@@H](c1ccccc1)c1ccncc1)c1c(Cl)nc2ccccn12. The predicted octanol–water partition coefficient (Wildman–Crippen LogP) is 4.33. The average molecular weight is 364 g/mol. The number of carbonyl (C=O) groups excluding carboxylic acids is 1. The fourth-order valence-corrected chi connectivity index (χ4v) is 3.06. The highest BCUT2D eigenvalue weighted by Crippen LogP contribution is 2.28. The summed E-state index contributed by atoms with van der Waals surface area (Å²) in [5.74, 6) is -0.542. The lowest BCUT2D eigenvalue weighted by atomic mass is 10.0. The normalized spacial score (nSPS) is 12.0. The van der Waals surface area contributed by atoms with Crippen molar-refractivity contribution < 1.29 is 9.53 Å². The summed E-state index contributed by atoms with van der Waals surface area (Å²) in [4.78, 5) is 21.1. The van der Waals surface area contributed by atoms with Gasteiger partial charge in [0.1, 0.15) is 5.65 Å². The molecule has 0 saturated carbocycles. The van der Waals surface area contributed by atoms with Gasteiger partial charge in [0.25, 0.3) is 0 Å². The molecule has 128 valence electrons. The van der Waals surface area contributed by atoms with Crippen molar-refractivity contribution in [3.8, 4) is 0 Å². The zero-order valence-electron chi connectivity index (χ0n) is 13.6. The summed E-state index contributed by atoms with van der Waals surface area (Å²) in [5, 5.41) is 0.114. The fourth-order valence-electron chi connectivity index (χ4n) is 2.81. The first kappa shape index (κ1) is 16.3. The van der Waals surface area contributed by atoms with E-state index in [1.807, 2.05) is 48.5 Å². The van der Waals surface area contributed by atoms with Crippen LogP contribution >= 0.6 is 11.6 Å². The smallest absolute Gasteiger partial charge is 0.359 e. The molecule has 0 aliphatic carbocycles. The van der Waals surface area contributed by atoms with Crippen LogP contribution in [-0.2, 0) is 4.74 Å². The number of benzene rings is 1. The molecule has 0 fully saturated rings.